The second-order valence-corrected chi connectivity index (χ2v) is 9.28. The standard InChI is InChI=1S/C17H27N3O2S2.HI/c1-2-18-17(20-14-15-8-6-12-23-15)19-11-7-13-24(21,22)16-9-4-3-5-10-16;/h3-5,9-10,15H,2,6-8,11-14H2,1H3,(H2,18,19,20);1H. The van der Waals surface area contributed by atoms with Crippen LogP contribution >= 0.6 is 35.7 Å². The Labute approximate surface area is 172 Å². The van der Waals surface area contributed by atoms with Gasteiger partial charge in [0.15, 0.2) is 15.8 Å². The van der Waals surface area contributed by atoms with Gasteiger partial charge in [0.2, 0.25) is 0 Å². The van der Waals surface area contributed by atoms with Crippen molar-refractivity contribution in [1.29, 1.82) is 0 Å². The van der Waals surface area contributed by atoms with Gasteiger partial charge in [-0.2, -0.15) is 11.8 Å². The van der Waals surface area contributed by atoms with E-state index in [1.165, 1.54) is 18.6 Å². The molecular formula is C17H28IN3O2S2. The van der Waals surface area contributed by atoms with Crippen LogP contribution in [-0.4, -0.2) is 50.8 Å². The summed E-state index contributed by atoms with van der Waals surface area (Å²) in [6.07, 6.45) is 3.08. The van der Waals surface area contributed by atoms with Crippen molar-refractivity contribution in [3.8, 4) is 0 Å². The number of thioether (sulfide) groups is 1. The van der Waals surface area contributed by atoms with Gasteiger partial charge in [-0.1, -0.05) is 18.2 Å². The van der Waals surface area contributed by atoms with Crippen LogP contribution in [0.25, 0.3) is 0 Å². The van der Waals surface area contributed by atoms with Gasteiger partial charge in [-0.3, -0.25) is 4.99 Å². The molecule has 25 heavy (non-hydrogen) atoms. The van der Waals surface area contributed by atoms with Gasteiger partial charge in [-0.25, -0.2) is 8.42 Å². The number of halogens is 1. The Balaban J connectivity index is 0.00000312. The van der Waals surface area contributed by atoms with Crippen molar-refractivity contribution in [2.24, 2.45) is 4.99 Å². The molecule has 2 N–H and O–H groups in total. The molecule has 1 atom stereocenters. The normalized spacial score (nSPS) is 17.8. The van der Waals surface area contributed by atoms with Crippen molar-refractivity contribution in [3.05, 3.63) is 30.3 Å². The molecule has 5 nitrogen and oxygen atoms in total. The lowest BCUT2D eigenvalue weighted by Crippen LogP contribution is -2.38. The lowest BCUT2D eigenvalue weighted by molar-refractivity contribution is 0.592. The van der Waals surface area contributed by atoms with Crippen LogP contribution in [0.4, 0.5) is 0 Å². The Morgan fingerprint density at radius 2 is 2.04 bits per heavy atom. The summed E-state index contributed by atoms with van der Waals surface area (Å²) < 4.78 is 24.5. The van der Waals surface area contributed by atoms with Crippen LogP contribution in [0.1, 0.15) is 26.2 Å². The highest BCUT2D eigenvalue weighted by Crippen LogP contribution is 2.25. The third-order valence-electron chi connectivity index (χ3n) is 3.81. The van der Waals surface area contributed by atoms with Gasteiger partial charge in [0.1, 0.15) is 0 Å². The number of hydrogen-bond donors (Lipinski definition) is 2. The van der Waals surface area contributed by atoms with Crippen LogP contribution in [0.2, 0.25) is 0 Å². The minimum absolute atomic E-state index is 0. The van der Waals surface area contributed by atoms with Gasteiger partial charge >= 0.3 is 0 Å². The summed E-state index contributed by atoms with van der Waals surface area (Å²) >= 11 is 1.99. The molecule has 0 saturated carbocycles. The molecule has 0 aliphatic carbocycles. The number of benzene rings is 1. The summed E-state index contributed by atoms with van der Waals surface area (Å²) in [7, 11) is -3.20. The fourth-order valence-electron chi connectivity index (χ4n) is 2.54. The topological polar surface area (TPSA) is 70.6 Å². The third kappa shape index (κ3) is 8.17. The molecule has 1 heterocycles. The quantitative estimate of drug-likeness (QED) is 0.250. The molecule has 2 rings (SSSR count). The lowest BCUT2D eigenvalue weighted by atomic mass is 10.2. The zero-order valence-electron chi connectivity index (χ0n) is 14.6. The molecule has 0 bridgehead atoms. The van der Waals surface area contributed by atoms with E-state index in [-0.39, 0.29) is 29.7 Å². The first-order chi connectivity index (χ1) is 11.6. The van der Waals surface area contributed by atoms with Crippen molar-refractivity contribution < 1.29 is 8.42 Å². The van der Waals surface area contributed by atoms with Crippen LogP contribution in [0.3, 0.4) is 0 Å². The molecule has 1 aliphatic heterocycles. The number of nitrogens with one attached hydrogen (secondary N) is 2. The van der Waals surface area contributed by atoms with Crippen LogP contribution in [-0.2, 0) is 9.84 Å². The zero-order valence-corrected chi connectivity index (χ0v) is 18.6. The Kier molecular flexibility index (Phi) is 10.8. The van der Waals surface area contributed by atoms with Gasteiger partial charge in [0, 0.05) is 18.3 Å². The second-order valence-electron chi connectivity index (χ2n) is 5.77. The number of sulfone groups is 1. The smallest absolute Gasteiger partial charge is 0.191 e. The van der Waals surface area contributed by atoms with Gasteiger partial charge < -0.3 is 10.6 Å². The summed E-state index contributed by atoms with van der Waals surface area (Å²) in [5.74, 6) is 2.16. The molecule has 1 saturated heterocycles. The van der Waals surface area contributed by atoms with Crippen molar-refractivity contribution in [3.63, 3.8) is 0 Å². The molecule has 1 aromatic carbocycles. The fraction of sp³-hybridized carbons (Fsp3) is 0.588. The van der Waals surface area contributed by atoms with Crippen molar-refractivity contribution in [2.45, 2.75) is 36.3 Å². The molecule has 142 valence electrons. The molecule has 0 spiro atoms. The van der Waals surface area contributed by atoms with Crippen LogP contribution in [0.15, 0.2) is 40.2 Å². The maximum Gasteiger partial charge on any atom is 0.191 e. The Morgan fingerprint density at radius 1 is 1.28 bits per heavy atom. The fourth-order valence-corrected chi connectivity index (χ4v) is 5.05. The van der Waals surface area contributed by atoms with E-state index >= 15 is 0 Å². The van der Waals surface area contributed by atoms with E-state index in [1.807, 2.05) is 24.8 Å². The number of nitrogens with zero attached hydrogens (tertiary/aromatic N) is 1. The summed E-state index contributed by atoms with van der Waals surface area (Å²) in [5.41, 5.74) is 0. The Bertz CT molecular complexity index is 618. The van der Waals surface area contributed by atoms with E-state index < -0.39 is 9.84 Å². The lowest BCUT2D eigenvalue weighted by Gasteiger charge is -2.12. The van der Waals surface area contributed by atoms with Crippen molar-refractivity contribution in [2.75, 3.05) is 31.1 Å². The summed E-state index contributed by atoms with van der Waals surface area (Å²) in [5, 5.41) is 7.07. The van der Waals surface area contributed by atoms with Gasteiger partial charge in [0.05, 0.1) is 17.2 Å². The molecule has 1 fully saturated rings. The van der Waals surface area contributed by atoms with E-state index in [0.717, 1.165) is 19.0 Å². The first-order valence-electron chi connectivity index (χ1n) is 8.53. The largest absolute Gasteiger partial charge is 0.357 e. The van der Waals surface area contributed by atoms with Crippen LogP contribution < -0.4 is 10.6 Å². The predicted molar refractivity (Wildman–Crippen MR) is 118 cm³/mol. The molecule has 0 amide bonds. The van der Waals surface area contributed by atoms with Crippen molar-refractivity contribution >= 4 is 51.5 Å². The summed E-state index contributed by atoms with van der Waals surface area (Å²) in [4.78, 5) is 5.00. The third-order valence-corrected chi connectivity index (χ3v) is 7.00. The monoisotopic (exact) mass is 497 g/mol. The molecule has 1 unspecified atom stereocenters. The first kappa shape index (κ1) is 22.6. The van der Waals surface area contributed by atoms with Gasteiger partial charge in [-0.05, 0) is 44.1 Å². The molecule has 1 aromatic rings. The van der Waals surface area contributed by atoms with E-state index in [1.54, 1.807) is 24.3 Å². The van der Waals surface area contributed by atoms with E-state index in [9.17, 15) is 8.42 Å². The highest BCUT2D eigenvalue weighted by molar-refractivity contribution is 14.0. The second kappa shape index (κ2) is 12.0. The highest BCUT2D eigenvalue weighted by atomic mass is 127. The zero-order chi connectivity index (χ0) is 17.3. The molecular weight excluding hydrogens is 469 g/mol. The number of guanidine groups is 1. The number of hydrogen-bond acceptors (Lipinski definition) is 4. The number of aliphatic imine (C=N–C) groups is 1. The molecule has 8 heteroatoms. The van der Waals surface area contributed by atoms with Gasteiger partial charge in [-0.15, -0.1) is 24.0 Å². The first-order valence-corrected chi connectivity index (χ1v) is 11.2. The Hall–Kier alpha value is -0.480. The van der Waals surface area contributed by atoms with E-state index in [2.05, 4.69) is 15.6 Å². The maximum atomic E-state index is 12.2. The minimum atomic E-state index is -3.20. The van der Waals surface area contributed by atoms with E-state index in [4.69, 9.17) is 0 Å². The predicted octanol–water partition coefficient (Wildman–Crippen LogP) is 2.92. The molecule has 1 aliphatic rings. The highest BCUT2D eigenvalue weighted by Gasteiger charge is 2.15. The molecule has 0 radical (unpaired) electrons. The van der Waals surface area contributed by atoms with Crippen LogP contribution in [0, 0.1) is 0 Å². The summed E-state index contributed by atoms with van der Waals surface area (Å²) in [6.45, 7) is 4.24. The minimum Gasteiger partial charge on any atom is -0.357 e. The maximum absolute atomic E-state index is 12.2. The average Bonchev–Trinajstić information content (AvgIpc) is 3.11. The SMILES string of the molecule is CCNC(=NCC1CCCS1)NCCCS(=O)(=O)c1ccccc1.I. The van der Waals surface area contributed by atoms with Gasteiger partial charge in [0.25, 0.3) is 0 Å². The summed E-state index contributed by atoms with van der Waals surface area (Å²) in [6, 6.07) is 8.62. The number of rotatable bonds is 8. The van der Waals surface area contributed by atoms with Crippen molar-refractivity contribution in [1.82, 2.24) is 10.6 Å². The average molecular weight is 497 g/mol. The molecule has 0 aromatic heterocycles. The van der Waals surface area contributed by atoms with Crippen LogP contribution in [0.5, 0.6) is 0 Å². The van der Waals surface area contributed by atoms with E-state index in [0.29, 0.717) is 23.1 Å². The Morgan fingerprint density at radius 3 is 2.68 bits per heavy atom.